The van der Waals surface area contributed by atoms with E-state index in [1.54, 1.807) is 48.5 Å². The lowest BCUT2D eigenvalue weighted by Crippen LogP contribution is -2.37. The van der Waals surface area contributed by atoms with Crippen LogP contribution in [-0.2, 0) is 20.8 Å². The molecule has 0 saturated carbocycles. The molecule has 3 rings (SSSR count). The largest absolute Gasteiger partial charge is 0.481 e. The molecule has 9 nitrogen and oxygen atoms in total. The second-order valence-corrected chi connectivity index (χ2v) is 6.08. The number of urea groups is 1. The number of nitrogens with one attached hydrogen (secondary N) is 1. The molecule has 0 aliphatic carbocycles. The predicted molar refractivity (Wildman–Crippen MR) is 105 cm³/mol. The van der Waals surface area contributed by atoms with E-state index in [9.17, 15) is 19.2 Å². The fraction of sp³-hybridized carbons (Fsp3) is 0.0500. The molecular weight excluding hydrogens is 376 g/mol. The van der Waals surface area contributed by atoms with Gasteiger partial charge in [0.05, 0.1) is 12.1 Å². The van der Waals surface area contributed by atoms with Crippen LogP contribution in [-0.4, -0.2) is 39.6 Å². The van der Waals surface area contributed by atoms with Crippen LogP contribution in [0.2, 0.25) is 0 Å². The molecule has 0 bridgehead atoms. The third-order valence-electron chi connectivity index (χ3n) is 4.02. The summed E-state index contributed by atoms with van der Waals surface area (Å²) in [6.07, 6.45) is 2.39. The van der Waals surface area contributed by atoms with Crippen LogP contribution in [0.25, 0.3) is 6.08 Å². The normalized spacial score (nSPS) is 13.9. The molecule has 0 atom stereocenters. The fourth-order valence-corrected chi connectivity index (χ4v) is 2.67. The number of nitrogens with two attached hydrogens (primary N) is 1. The number of nitrogens with zero attached hydrogens (tertiary/aromatic N) is 2. The summed E-state index contributed by atoms with van der Waals surface area (Å²) in [7, 11) is 0. The number of hydrogen-bond donors (Lipinski definition) is 3. The van der Waals surface area contributed by atoms with Gasteiger partial charge in [0, 0.05) is 11.6 Å². The molecule has 0 spiro atoms. The van der Waals surface area contributed by atoms with Gasteiger partial charge in [0.2, 0.25) is 0 Å². The number of amides is 4. The zero-order valence-corrected chi connectivity index (χ0v) is 15.0. The van der Waals surface area contributed by atoms with Gasteiger partial charge in [-0.25, -0.2) is 4.79 Å². The van der Waals surface area contributed by atoms with Crippen molar-refractivity contribution in [3.05, 3.63) is 71.3 Å². The fourth-order valence-electron chi connectivity index (χ4n) is 2.67. The van der Waals surface area contributed by atoms with Crippen LogP contribution in [0.1, 0.15) is 16.7 Å². The number of carbonyl (C=O) groups excluding carboxylic acids is 3. The van der Waals surface area contributed by atoms with E-state index in [2.05, 4.69) is 10.4 Å². The summed E-state index contributed by atoms with van der Waals surface area (Å²) >= 11 is 0. The Balaban J connectivity index is 1.80. The lowest BCUT2D eigenvalue weighted by molar-refractivity contribution is -0.136. The average Bonchev–Trinajstić information content (AvgIpc) is 2.99. The minimum absolute atomic E-state index is 0.0980. The number of carboxylic acids is 1. The minimum Gasteiger partial charge on any atom is -0.481 e. The first-order valence-electron chi connectivity index (χ1n) is 8.47. The maximum Gasteiger partial charge on any atom is 0.342 e. The van der Waals surface area contributed by atoms with Crippen LogP contribution in [0.3, 0.4) is 0 Å². The Morgan fingerprint density at radius 3 is 2.45 bits per heavy atom. The predicted octanol–water partition coefficient (Wildman–Crippen LogP) is 1.59. The third-order valence-corrected chi connectivity index (χ3v) is 4.02. The van der Waals surface area contributed by atoms with Gasteiger partial charge in [0.15, 0.2) is 5.71 Å². The van der Waals surface area contributed by atoms with Crippen molar-refractivity contribution in [3.8, 4) is 0 Å². The Kier molecular flexibility index (Phi) is 5.49. The molecule has 0 fully saturated rings. The van der Waals surface area contributed by atoms with Crippen molar-refractivity contribution in [2.45, 2.75) is 6.42 Å². The van der Waals surface area contributed by atoms with E-state index < -0.39 is 23.8 Å². The summed E-state index contributed by atoms with van der Waals surface area (Å²) in [4.78, 5) is 46.9. The molecule has 0 saturated heterocycles. The van der Waals surface area contributed by atoms with E-state index >= 15 is 0 Å². The monoisotopic (exact) mass is 392 g/mol. The summed E-state index contributed by atoms with van der Waals surface area (Å²) in [5, 5.41) is 15.6. The Morgan fingerprint density at radius 1 is 1.10 bits per heavy atom. The quantitative estimate of drug-likeness (QED) is 0.523. The number of fused-ring (bicyclic) bond motifs is 1. The Hall–Kier alpha value is -4.27. The first-order chi connectivity index (χ1) is 13.8. The SMILES string of the molecule is NC(=O)N(/N=C1\C(=O)Nc2ccccc21)C(=O)/C=C/c1ccc(CC(=O)O)cc1. The molecule has 0 radical (unpaired) electrons. The number of imide groups is 1. The van der Waals surface area contributed by atoms with Gasteiger partial charge in [-0.15, -0.1) is 5.01 Å². The van der Waals surface area contributed by atoms with E-state index in [0.29, 0.717) is 27.4 Å². The summed E-state index contributed by atoms with van der Waals surface area (Å²) in [5.74, 6) is -2.34. The van der Waals surface area contributed by atoms with Crippen LogP contribution in [0.15, 0.2) is 59.7 Å². The lowest BCUT2D eigenvalue weighted by Gasteiger charge is -2.11. The summed E-state index contributed by atoms with van der Waals surface area (Å²) in [6, 6.07) is 12.1. The van der Waals surface area contributed by atoms with Crippen LogP contribution in [0.5, 0.6) is 0 Å². The minimum atomic E-state index is -1.14. The van der Waals surface area contributed by atoms with Crippen LogP contribution >= 0.6 is 0 Å². The number of carbonyl (C=O) groups is 4. The van der Waals surface area contributed by atoms with Gasteiger partial charge in [-0.05, 0) is 23.3 Å². The standard InChI is InChI=1S/C20H16N4O5/c21-20(29)24(23-18-14-3-1-2-4-15(14)22-19(18)28)16(25)10-9-12-5-7-13(8-6-12)11-17(26)27/h1-10H,11H2,(H2,21,29)(H,26,27)(H,22,23,28)/b10-9+. The first kappa shape index (κ1) is 19.5. The van der Waals surface area contributed by atoms with Crippen LogP contribution in [0.4, 0.5) is 10.5 Å². The van der Waals surface area contributed by atoms with Crippen molar-refractivity contribution < 1.29 is 24.3 Å². The summed E-state index contributed by atoms with van der Waals surface area (Å²) < 4.78 is 0. The van der Waals surface area contributed by atoms with Gasteiger partial charge >= 0.3 is 12.0 Å². The first-order valence-corrected chi connectivity index (χ1v) is 8.47. The van der Waals surface area contributed by atoms with E-state index in [-0.39, 0.29) is 12.1 Å². The molecule has 1 heterocycles. The van der Waals surface area contributed by atoms with Crippen molar-refractivity contribution >= 4 is 41.3 Å². The topological polar surface area (TPSA) is 142 Å². The number of primary amides is 1. The number of benzene rings is 2. The highest BCUT2D eigenvalue weighted by Crippen LogP contribution is 2.23. The molecule has 0 unspecified atom stereocenters. The molecule has 2 aromatic carbocycles. The number of para-hydroxylation sites is 1. The van der Waals surface area contributed by atoms with Gasteiger partial charge < -0.3 is 16.2 Å². The highest BCUT2D eigenvalue weighted by molar-refractivity contribution is 6.53. The van der Waals surface area contributed by atoms with Crippen LogP contribution < -0.4 is 11.1 Å². The number of rotatable bonds is 5. The molecule has 1 aliphatic rings. The molecule has 29 heavy (non-hydrogen) atoms. The van der Waals surface area contributed by atoms with E-state index in [1.807, 2.05) is 0 Å². The van der Waals surface area contributed by atoms with Gasteiger partial charge in [-0.3, -0.25) is 14.4 Å². The van der Waals surface area contributed by atoms with Gasteiger partial charge in [0.1, 0.15) is 0 Å². The van der Waals surface area contributed by atoms with E-state index in [1.165, 1.54) is 6.08 Å². The van der Waals surface area contributed by atoms with Gasteiger partial charge in [0.25, 0.3) is 11.8 Å². The summed E-state index contributed by atoms with van der Waals surface area (Å²) in [5.41, 5.74) is 7.34. The van der Waals surface area contributed by atoms with Crippen molar-refractivity contribution in [2.75, 3.05) is 5.32 Å². The Morgan fingerprint density at radius 2 is 1.79 bits per heavy atom. The van der Waals surface area contributed by atoms with Crippen molar-refractivity contribution in [2.24, 2.45) is 10.8 Å². The highest BCUT2D eigenvalue weighted by Gasteiger charge is 2.28. The molecule has 146 valence electrons. The zero-order chi connectivity index (χ0) is 21.0. The van der Waals surface area contributed by atoms with E-state index in [0.717, 1.165) is 6.08 Å². The van der Waals surface area contributed by atoms with Crippen LogP contribution in [0, 0.1) is 0 Å². The number of hydrazone groups is 1. The maximum atomic E-state index is 12.4. The molecule has 2 aromatic rings. The third kappa shape index (κ3) is 4.53. The van der Waals surface area contributed by atoms with E-state index in [4.69, 9.17) is 10.8 Å². The molecule has 1 aliphatic heterocycles. The second kappa shape index (κ2) is 8.17. The lowest BCUT2D eigenvalue weighted by atomic mass is 10.1. The summed E-state index contributed by atoms with van der Waals surface area (Å²) in [6.45, 7) is 0. The number of hydrogen-bond acceptors (Lipinski definition) is 5. The zero-order valence-electron chi connectivity index (χ0n) is 15.0. The van der Waals surface area contributed by atoms with Crippen molar-refractivity contribution in [1.29, 1.82) is 0 Å². The van der Waals surface area contributed by atoms with Gasteiger partial charge in [-0.2, -0.15) is 5.10 Å². The molecule has 4 N–H and O–H groups in total. The molecular formula is C20H16N4O5. The van der Waals surface area contributed by atoms with Crippen molar-refractivity contribution in [3.63, 3.8) is 0 Å². The molecule has 0 aromatic heterocycles. The number of anilines is 1. The average molecular weight is 392 g/mol. The molecule has 4 amide bonds. The van der Waals surface area contributed by atoms with Gasteiger partial charge in [-0.1, -0.05) is 42.5 Å². The number of aliphatic carboxylic acids is 1. The number of carboxylic acid groups (broad SMARTS) is 1. The Bertz CT molecular complexity index is 1060. The van der Waals surface area contributed by atoms with Crippen molar-refractivity contribution in [1.82, 2.24) is 5.01 Å². The maximum absolute atomic E-state index is 12.4. The smallest absolute Gasteiger partial charge is 0.342 e. The Labute approximate surface area is 165 Å². The highest BCUT2D eigenvalue weighted by atomic mass is 16.4. The molecule has 9 heteroatoms. The second-order valence-electron chi connectivity index (χ2n) is 6.08.